The average Bonchev–Trinajstić information content (AvgIpc) is 2.71. The molecule has 0 fully saturated rings. The minimum Gasteiger partial charge on any atom is -0.464 e. The second-order valence-electron chi connectivity index (χ2n) is 5.84. The number of nitrogens with zero attached hydrogens (tertiary/aromatic N) is 2. The summed E-state index contributed by atoms with van der Waals surface area (Å²) in [7, 11) is 3.91. The Morgan fingerprint density at radius 1 is 1.13 bits per heavy atom. The minimum atomic E-state index is -0.438. The molecule has 0 N–H and O–H groups in total. The van der Waals surface area contributed by atoms with Crippen LogP contribution in [-0.2, 0) is 9.53 Å². The number of fused-ring (bicyclic) bond motifs is 2. The van der Waals surface area contributed by atoms with E-state index in [-0.39, 0.29) is 5.97 Å². The maximum atomic E-state index is 12.8. The molecule has 0 amide bonds. The van der Waals surface area contributed by atoms with E-state index in [2.05, 4.69) is 4.98 Å². The van der Waals surface area contributed by atoms with Crippen molar-refractivity contribution in [3.05, 3.63) is 65.0 Å². The van der Waals surface area contributed by atoms with E-state index in [0.717, 1.165) is 22.4 Å². The van der Waals surface area contributed by atoms with Gasteiger partial charge in [-0.05, 0) is 42.9 Å². The lowest BCUT2D eigenvalue weighted by molar-refractivity contribution is -0.144. The van der Waals surface area contributed by atoms with Crippen molar-refractivity contribution in [2.45, 2.75) is 5.92 Å². The molecule has 0 aliphatic heterocycles. The number of benzene rings is 1. The molecule has 1 aromatic heterocycles. The molecule has 0 saturated heterocycles. The van der Waals surface area contributed by atoms with E-state index in [9.17, 15) is 4.79 Å². The van der Waals surface area contributed by atoms with E-state index in [4.69, 9.17) is 4.74 Å². The number of likely N-dealkylation sites (N-methyl/N-ethyl adjacent to an activating group) is 1. The van der Waals surface area contributed by atoms with E-state index in [1.54, 1.807) is 6.20 Å². The van der Waals surface area contributed by atoms with Gasteiger partial charge in [-0.25, -0.2) is 0 Å². The molecule has 2 aromatic rings. The first-order valence-corrected chi connectivity index (χ1v) is 7.70. The summed E-state index contributed by atoms with van der Waals surface area (Å²) in [5.41, 5.74) is 3.70. The third kappa shape index (κ3) is 3.32. The van der Waals surface area contributed by atoms with Crippen molar-refractivity contribution in [2.24, 2.45) is 0 Å². The van der Waals surface area contributed by atoms with Crippen LogP contribution in [0, 0.1) is 0 Å². The standard InChI is InChI=1S/C19H20N2O2/c1-21(2)12-13-23-19(22)18-15-7-4-3-6-14(15)9-10-17-16(18)8-5-11-20-17/h3-11,18H,12-13H2,1-2H3/t18-/m0/s1. The smallest absolute Gasteiger partial charge is 0.318 e. The predicted molar refractivity (Wildman–Crippen MR) is 91.0 cm³/mol. The Hall–Kier alpha value is -2.46. The Kier molecular flexibility index (Phi) is 4.53. The first kappa shape index (κ1) is 15.4. The zero-order valence-corrected chi connectivity index (χ0v) is 13.4. The summed E-state index contributed by atoms with van der Waals surface area (Å²) in [5, 5.41) is 0. The first-order valence-electron chi connectivity index (χ1n) is 7.70. The Labute approximate surface area is 136 Å². The second-order valence-corrected chi connectivity index (χ2v) is 5.84. The minimum absolute atomic E-state index is 0.225. The van der Waals surface area contributed by atoms with Crippen LogP contribution in [0.25, 0.3) is 12.2 Å². The van der Waals surface area contributed by atoms with Crippen molar-refractivity contribution in [2.75, 3.05) is 27.2 Å². The molecular formula is C19H20N2O2. The van der Waals surface area contributed by atoms with Gasteiger partial charge in [-0.2, -0.15) is 0 Å². The van der Waals surface area contributed by atoms with Gasteiger partial charge >= 0.3 is 5.97 Å². The van der Waals surface area contributed by atoms with Gasteiger partial charge in [-0.3, -0.25) is 9.78 Å². The third-order valence-electron chi connectivity index (χ3n) is 3.93. The number of pyridine rings is 1. The fourth-order valence-corrected chi connectivity index (χ4v) is 2.74. The molecule has 23 heavy (non-hydrogen) atoms. The Morgan fingerprint density at radius 3 is 2.74 bits per heavy atom. The summed E-state index contributed by atoms with van der Waals surface area (Å²) in [6.07, 6.45) is 5.71. The zero-order valence-electron chi connectivity index (χ0n) is 13.4. The second kappa shape index (κ2) is 6.75. The number of rotatable bonds is 4. The van der Waals surface area contributed by atoms with Crippen LogP contribution in [0.2, 0.25) is 0 Å². The lowest BCUT2D eigenvalue weighted by Crippen LogP contribution is -2.24. The normalized spacial score (nSPS) is 15.7. The highest BCUT2D eigenvalue weighted by Gasteiger charge is 2.29. The summed E-state index contributed by atoms with van der Waals surface area (Å²) in [5.74, 6) is -0.663. The number of carbonyl (C=O) groups excluding carboxylic acids is 1. The topological polar surface area (TPSA) is 42.4 Å². The van der Waals surface area contributed by atoms with E-state index in [1.165, 1.54) is 0 Å². The van der Waals surface area contributed by atoms with E-state index in [0.29, 0.717) is 13.2 Å². The van der Waals surface area contributed by atoms with Gasteiger partial charge in [0.1, 0.15) is 12.5 Å². The van der Waals surface area contributed by atoms with Crippen molar-refractivity contribution >= 4 is 18.1 Å². The maximum Gasteiger partial charge on any atom is 0.318 e. The Bertz CT molecular complexity index is 688. The molecule has 0 spiro atoms. The van der Waals surface area contributed by atoms with Gasteiger partial charge in [0.15, 0.2) is 0 Å². The summed E-state index contributed by atoms with van der Waals surface area (Å²) in [6.45, 7) is 1.09. The molecule has 118 valence electrons. The number of hydrogen-bond acceptors (Lipinski definition) is 4. The molecular weight excluding hydrogens is 288 g/mol. The molecule has 1 aliphatic rings. The van der Waals surface area contributed by atoms with Crippen LogP contribution in [-0.4, -0.2) is 43.1 Å². The highest BCUT2D eigenvalue weighted by Crippen LogP contribution is 2.34. The first-order chi connectivity index (χ1) is 11.2. The molecule has 0 unspecified atom stereocenters. The fourth-order valence-electron chi connectivity index (χ4n) is 2.74. The molecule has 1 aromatic carbocycles. The van der Waals surface area contributed by atoms with E-state index >= 15 is 0 Å². The Morgan fingerprint density at radius 2 is 1.91 bits per heavy atom. The van der Waals surface area contributed by atoms with Gasteiger partial charge in [0.05, 0.1) is 5.69 Å². The van der Waals surface area contributed by atoms with Gasteiger partial charge in [-0.1, -0.05) is 36.4 Å². The molecule has 0 bridgehead atoms. The quantitative estimate of drug-likeness (QED) is 0.815. The van der Waals surface area contributed by atoms with Crippen LogP contribution < -0.4 is 0 Å². The SMILES string of the molecule is CN(C)CCOC(=O)[C@H]1c2ccccc2C=Cc2ncccc21. The highest BCUT2D eigenvalue weighted by atomic mass is 16.5. The fraction of sp³-hybridized carbons (Fsp3) is 0.263. The third-order valence-corrected chi connectivity index (χ3v) is 3.93. The van der Waals surface area contributed by atoms with Crippen molar-refractivity contribution < 1.29 is 9.53 Å². The van der Waals surface area contributed by atoms with Gasteiger partial charge in [0.2, 0.25) is 0 Å². The monoisotopic (exact) mass is 308 g/mol. The highest BCUT2D eigenvalue weighted by molar-refractivity contribution is 5.88. The summed E-state index contributed by atoms with van der Waals surface area (Å²) in [4.78, 5) is 19.2. The largest absolute Gasteiger partial charge is 0.464 e. The van der Waals surface area contributed by atoms with Crippen molar-refractivity contribution in [1.29, 1.82) is 0 Å². The van der Waals surface area contributed by atoms with Crippen molar-refractivity contribution in [3.8, 4) is 0 Å². The molecule has 4 nitrogen and oxygen atoms in total. The van der Waals surface area contributed by atoms with Gasteiger partial charge in [0.25, 0.3) is 0 Å². The van der Waals surface area contributed by atoms with E-state index < -0.39 is 5.92 Å². The number of aromatic nitrogens is 1. The molecule has 1 aliphatic carbocycles. The number of hydrogen-bond donors (Lipinski definition) is 0. The van der Waals surface area contributed by atoms with Crippen LogP contribution >= 0.6 is 0 Å². The number of esters is 1. The molecule has 0 saturated carbocycles. The molecule has 0 radical (unpaired) electrons. The molecule has 1 heterocycles. The lowest BCUT2D eigenvalue weighted by atomic mass is 9.89. The Balaban J connectivity index is 1.97. The van der Waals surface area contributed by atoms with Gasteiger partial charge in [0, 0.05) is 12.7 Å². The van der Waals surface area contributed by atoms with Gasteiger partial charge in [-0.15, -0.1) is 0 Å². The van der Waals surface area contributed by atoms with Crippen molar-refractivity contribution in [1.82, 2.24) is 9.88 Å². The van der Waals surface area contributed by atoms with Crippen LogP contribution in [0.5, 0.6) is 0 Å². The van der Waals surface area contributed by atoms with E-state index in [1.807, 2.05) is 67.5 Å². The lowest BCUT2D eigenvalue weighted by Gasteiger charge is -2.19. The summed E-state index contributed by atoms with van der Waals surface area (Å²) in [6, 6.07) is 11.7. The summed E-state index contributed by atoms with van der Waals surface area (Å²) < 4.78 is 5.53. The molecule has 3 rings (SSSR count). The van der Waals surface area contributed by atoms with Crippen LogP contribution in [0.4, 0.5) is 0 Å². The van der Waals surface area contributed by atoms with Crippen LogP contribution in [0.15, 0.2) is 42.6 Å². The van der Waals surface area contributed by atoms with Crippen LogP contribution in [0.1, 0.15) is 28.3 Å². The maximum absolute atomic E-state index is 12.8. The predicted octanol–water partition coefficient (Wildman–Crippen LogP) is 2.80. The number of carbonyl (C=O) groups is 1. The molecule has 4 heteroatoms. The summed E-state index contributed by atoms with van der Waals surface area (Å²) >= 11 is 0. The van der Waals surface area contributed by atoms with Gasteiger partial charge < -0.3 is 9.64 Å². The van der Waals surface area contributed by atoms with Crippen molar-refractivity contribution in [3.63, 3.8) is 0 Å². The zero-order chi connectivity index (χ0) is 16.2. The molecule has 1 atom stereocenters. The average molecular weight is 308 g/mol. The van der Waals surface area contributed by atoms with Crippen LogP contribution in [0.3, 0.4) is 0 Å². The number of ether oxygens (including phenoxy) is 1.